The number of sulfonamides is 1. The van der Waals surface area contributed by atoms with Crippen LogP contribution < -0.4 is 10.5 Å². The molecule has 0 saturated carbocycles. The van der Waals surface area contributed by atoms with E-state index in [9.17, 15) is 8.42 Å². The van der Waals surface area contributed by atoms with Gasteiger partial charge in [0.1, 0.15) is 0 Å². The first-order valence-electron chi connectivity index (χ1n) is 5.70. The monoisotopic (exact) mass is 260 g/mol. The van der Waals surface area contributed by atoms with E-state index in [1.165, 1.54) is 12.5 Å². The van der Waals surface area contributed by atoms with Crippen molar-refractivity contribution >= 4 is 10.0 Å². The molecule has 0 radical (unpaired) electrons. The van der Waals surface area contributed by atoms with Crippen LogP contribution in [0.15, 0.2) is 17.6 Å². The Labute approximate surface area is 102 Å². The summed E-state index contributed by atoms with van der Waals surface area (Å²) in [7, 11) is -1.82. The lowest BCUT2D eigenvalue weighted by atomic mass is 10.1. The Morgan fingerprint density at radius 3 is 2.76 bits per heavy atom. The molecule has 0 spiro atoms. The number of hydrogen-bond acceptors (Lipinski definition) is 4. The van der Waals surface area contributed by atoms with Crippen molar-refractivity contribution in [3.8, 4) is 0 Å². The summed E-state index contributed by atoms with van der Waals surface area (Å²) in [6, 6.07) is -0.220. The summed E-state index contributed by atoms with van der Waals surface area (Å²) in [5.41, 5.74) is 5.55. The SMILES string of the molecule is CCCCC(CN)NS(=O)(=O)c1cn(C)cn1. The van der Waals surface area contributed by atoms with Crippen LogP contribution in [0.5, 0.6) is 0 Å². The summed E-state index contributed by atoms with van der Waals surface area (Å²) in [5, 5.41) is 0.0370. The fourth-order valence-electron chi connectivity index (χ4n) is 1.48. The molecule has 1 unspecified atom stereocenters. The van der Waals surface area contributed by atoms with Crippen LogP contribution in [0.25, 0.3) is 0 Å². The molecule has 1 rings (SSSR count). The minimum Gasteiger partial charge on any atom is -0.339 e. The average molecular weight is 260 g/mol. The van der Waals surface area contributed by atoms with Crippen LogP contribution in [-0.2, 0) is 17.1 Å². The van der Waals surface area contributed by atoms with Crippen LogP contribution in [0.1, 0.15) is 26.2 Å². The second-order valence-electron chi connectivity index (χ2n) is 4.07. The maximum absolute atomic E-state index is 11.9. The zero-order valence-corrected chi connectivity index (χ0v) is 11.1. The first-order valence-corrected chi connectivity index (χ1v) is 7.18. The molecule has 0 fully saturated rings. The summed E-state index contributed by atoms with van der Waals surface area (Å²) in [6.45, 7) is 2.35. The summed E-state index contributed by atoms with van der Waals surface area (Å²) < 4.78 is 28.0. The first kappa shape index (κ1) is 14.1. The molecular formula is C10H20N4O2S. The van der Waals surface area contributed by atoms with E-state index in [2.05, 4.69) is 16.6 Å². The van der Waals surface area contributed by atoms with Crippen LogP contribution in [0.2, 0.25) is 0 Å². The Kier molecular flexibility index (Phi) is 5.10. The lowest BCUT2D eigenvalue weighted by Crippen LogP contribution is -2.40. The van der Waals surface area contributed by atoms with Gasteiger partial charge in [0.25, 0.3) is 10.0 Å². The van der Waals surface area contributed by atoms with Crippen molar-refractivity contribution in [3.63, 3.8) is 0 Å². The fraction of sp³-hybridized carbons (Fsp3) is 0.700. The highest BCUT2D eigenvalue weighted by Gasteiger charge is 2.20. The quantitative estimate of drug-likeness (QED) is 0.733. The third-order valence-corrected chi connectivity index (χ3v) is 3.87. The zero-order chi connectivity index (χ0) is 12.9. The van der Waals surface area contributed by atoms with Gasteiger partial charge in [0, 0.05) is 25.8 Å². The van der Waals surface area contributed by atoms with Crippen LogP contribution in [0.4, 0.5) is 0 Å². The highest BCUT2D eigenvalue weighted by molar-refractivity contribution is 7.89. The van der Waals surface area contributed by atoms with Gasteiger partial charge in [-0.15, -0.1) is 0 Å². The van der Waals surface area contributed by atoms with E-state index in [1.54, 1.807) is 11.6 Å². The van der Waals surface area contributed by atoms with E-state index in [0.717, 1.165) is 19.3 Å². The predicted molar refractivity (Wildman–Crippen MR) is 65.9 cm³/mol. The number of hydrogen-bond donors (Lipinski definition) is 2. The first-order chi connectivity index (χ1) is 7.99. The second kappa shape index (κ2) is 6.13. The lowest BCUT2D eigenvalue weighted by Gasteiger charge is -2.15. The molecule has 0 aliphatic heterocycles. The second-order valence-corrected chi connectivity index (χ2v) is 5.73. The summed E-state index contributed by atoms with van der Waals surface area (Å²) in [6.07, 6.45) is 5.64. The molecule has 17 heavy (non-hydrogen) atoms. The van der Waals surface area contributed by atoms with Crippen LogP contribution in [-0.4, -0.2) is 30.6 Å². The predicted octanol–water partition coefficient (Wildman–Crippen LogP) is 0.216. The Morgan fingerprint density at radius 1 is 1.59 bits per heavy atom. The fourth-order valence-corrected chi connectivity index (χ4v) is 2.75. The molecule has 1 aromatic heterocycles. The van der Waals surface area contributed by atoms with E-state index < -0.39 is 10.0 Å². The van der Waals surface area contributed by atoms with Crippen molar-refractivity contribution in [2.75, 3.05) is 6.54 Å². The molecule has 1 heterocycles. The Morgan fingerprint density at radius 2 is 2.29 bits per heavy atom. The standard InChI is InChI=1S/C10H20N4O2S/c1-3-4-5-9(6-11)13-17(15,16)10-7-14(2)8-12-10/h7-9,13H,3-6,11H2,1-2H3. The molecule has 0 aromatic carbocycles. The molecular weight excluding hydrogens is 240 g/mol. The van der Waals surface area contributed by atoms with Gasteiger partial charge in [0.2, 0.25) is 0 Å². The molecule has 1 aromatic rings. The van der Waals surface area contributed by atoms with E-state index in [4.69, 9.17) is 5.73 Å². The van der Waals surface area contributed by atoms with Crippen molar-refractivity contribution in [2.45, 2.75) is 37.3 Å². The minimum atomic E-state index is -3.54. The molecule has 1 atom stereocenters. The van der Waals surface area contributed by atoms with Crippen LogP contribution >= 0.6 is 0 Å². The number of unbranched alkanes of at least 4 members (excludes halogenated alkanes) is 1. The Balaban J connectivity index is 2.71. The number of aryl methyl sites for hydroxylation is 1. The highest BCUT2D eigenvalue weighted by atomic mass is 32.2. The van der Waals surface area contributed by atoms with Crippen LogP contribution in [0.3, 0.4) is 0 Å². The van der Waals surface area contributed by atoms with E-state index in [1.807, 2.05) is 0 Å². The highest BCUT2D eigenvalue weighted by Crippen LogP contribution is 2.07. The van der Waals surface area contributed by atoms with E-state index in [0.29, 0.717) is 6.54 Å². The number of nitrogens with zero attached hydrogens (tertiary/aromatic N) is 2. The van der Waals surface area contributed by atoms with E-state index >= 15 is 0 Å². The molecule has 0 aliphatic carbocycles. The third kappa shape index (κ3) is 4.10. The van der Waals surface area contributed by atoms with Crippen molar-refractivity contribution in [1.29, 1.82) is 0 Å². The van der Waals surface area contributed by atoms with Gasteiger partial charge >= 0.3 is 0 Å². The summed E-state index contributed by atoms with van der Waals surface area (Å²) in [5.74, 6) is 0. The van der Waals surface area contributed by atoms with Gasteiger partial charge in [-0.05, 0) is 6.42 Å². The number of rotatable bonds is 7. The summed E-state index contributed by atoms with van der Waals surface area (Å²) >= 11 is 0. The van der Waals surface area contributed by atoms with Gasteiger partial charge in [-0.25, -0.2) is 18.1 Å². The molecule has 6 nitrogen and oxygen atoms in total. The third-order valence-electron chi connectivity index (χ3n) is 2.47. The number of imidazole rings is 1. The Hall–Kier alpha value is -0.920. The molecule has 0 amide bonds. The van der Waals surface area contributed by atoms with Gasteiger partial charge in [0.15, 0.2) is 5.03 Å². The molecule has 0 saturated heterocycles. The van der Waals surface area contributed by atoms with Crippen molar-refractivity contribution in [2.24, 2.45) is 12.8 Å². The van der Waals surface area contributed by atoms with Gasteiger partial charge in [0.05, 0.1) is 6.33 Å². The topological polar surface area (TPSA) is 90.0 Å². The lowest BCUT2D eigenvalue weighted by molar-refractivity contribution is 0.514. The minimum absolute atomic E-state index is 0.0370. The van der Waals surface area contributed by atoms with Crippen molar-refractivity contribution < 1.29 is 8.42 Å². The average Bonchev–Trinajstić information content (AvgIpc) is 2.71. The summed E-state index contributed by atoms with van der Waals surface area (Å²) in [4.78, 5) is 3.83. The van der Waals surface area contributed by atoms with Crippen molar-refractivity contribution in [1.82, 2.24) is 14.3 Å². The van der Waals surface area contributed by atoms with Crippen LogP contribution in [0, 0.1) is 0 Å². The molecule has 0 bridgehead atoms. The van der Waals surface area contributed by atoms with Gasteiger partial charge in [-0.1, -0.05) is 19.8 Å². The maximum Gasteiger partial charge on any atom is 0.259 e. The van der Waals surface area contributed by atoms with Gasteiger partial charge in [-0.2, -0.15) is 0 Å². The van der Waals surface area contributed by atoms with Gasteiger partial charge in [-0.3, -0.25) is 0 Å². The molecule has 3 N–H and O–H groups in total. The van der Waals surface area contributed by atoms with E-state index in [-0.39, 0.29) is 11.1 Å². The number of nitrogens with one attached hydrogen (secondary N) is 1. The number of aromatic nitrogens is 2. The molecule has 7 heteroatoms. The van der Waals surface area contributed by atoms with Crippen molar-refractivity contribution in [3.05, 3.63) is 12.5 Å². The largest absolute Gasteiger partial charge is 0.339 e. The molecule has 0 aliphatic rings. The number of nitrogens with two attached hydrogens (primary N) is 1. The maximum atomic E-state index is 11.9. The van der Waals surface area contributed by atoms with Gasteiger partial charge < -0.3 is 10.3 Å². The normalized spacial score (nSPS) is 13.8. The smallest absolute Gasteiger partial charge is 0.259 e. The molecule has 98 valence electrons. The zero-order valence-electron chi connectivity index (χ0n) is 10.3. The Bertz CT molecular complexity index is 441.